The molecule has 0 aromatic heterocycles. The van der Waals surface area contributed by atoms with Crippen molar-refractivity contribution in [2.75, 3.05) is 39.6 Å². The van der Waals surface area contributed by atoms with E-state index in [9.17, 15) is 28.8 Å². The normalized spacial score (nSPS) is 17.8. The third kappa shape index (κ3) is 77.6. The average Bonchev–Trinajstić information content (AvgIpc) is 1.75. The maximum atomic E-state index is 18.1. The van der Waals surface area contributed by atoms with Crippen LogP contribution >= 0.6 is 7.82 Å². The zero-order valence-electron chi connectivity index (χ0n) is 94.1. The van der Waals surface area contributed by atoms with Gasteiger partial charge < -0.3 is 56.8 Å². The fraction of sp³-hybridized carbons (Fsp3) is 0.950. The van der Waals surface area contributed by atoms with Crippen molar-refractivity contribution >= 4 is 43.6 Å². The van der Waals surface area contributed by atoms with Gasteiger partial charge in [-0.1, -0.05) is 486 Å². The monoisotopic (exact) mass is 2050 g/mol. The molecule has 0 radical (unpaired) electrons. The lowest BCUT2D eigenvalue weighted by Gasteiger charge is -2.36. The predicted octanol–water partition coefficient (Wildman–Crippen LogP) is 35.0. The third-order valence-corrected chi connectivity index (χ3v) is 30.7. The number of phosphoric acid groups is 1. The van der Waals surface area contributed by atoms with E-state index in [2.05, 4.69) is 62.3 Å². The van der Waals surface area contributed by atoms with E-state index in [0.717, 1.165) is 212 Å². The molecule has 0 aromatic carbocycles. The van der Waals surface area contributed by atoms with Crippen LogP contribution in [0.5, 0.6) is 0 Å². The van der Waals surface area contributed by atoms with E-state index in [-0.39, 0.29) is 97.4 Å². The van der Waals surface area contributed by atoms with E-state index < -0.39 is 117 Å². The minimum Gasteiger partial charge on any atom is -0.462 e. The van der Waals surface area contributed by atoms with E-state index in [4.69, 9.17) is 70.4 Å². The summed E-state index contributed by atoms with van der Waals surface area (Å²) in [6.45, 7) is 18.6. The van der Waals surface area contributed by atoms with Gasteiger partial charge in [0.2, 0.25) is 0 Å². The highest BCUT2D eigenvalue weighted by atomic mass is 31.2. The van der Waals surface area contributed by atoms with Gasteiger partial charge in [-0.3, -0.25) is 42.3 Å². The number of carbonyl (C=O) groups excluding carboxylic acids is 6. The Morgan fingerprint density at radius 3 is 0.545 bits per heavy atom. The van der Waals surface area contributed by atoms with Gasteiger partial charge in [0, 0.05) is 57.8 Å². The molecule has 842 valence electrons. The molecule has 3 aliphatic rings. The Balaban J connectivity index is 2.43. The standard InChI is InChI=1S/C120H225O22P/c1-10-19-28-34-40-46-52-58-64-70-79-85-112(121)128-97-103(134-115(124)88-82-73-67-61-55-49-43-37-31-22-13-4)94-106(109-100-131-118(137-109)91-76-25-16-7)140-143(127,141-107(110-101-132-119(138-110)92-77-26-17-8)95-104(135-116(125)89-83-74-68-62-56-50-44-38-32-23-14-5)98-129-113(122)86-80-71-65-59-53-47-41-35-29-20-11-2)142-108(111-102-133-120(139-111)93-78-27-18-9)96-105(136-117(126)90-84-75-69-63-57-51-45-39-33-24-15-6)99-130-114(123)87-81-72-66-60-54-48-42-36-30-21-12-3/h103-111,118-120H,10-102H2,1-9H3/t103-,104-,105-,106-,107-,108-,109-,110-,111-,118-,119-,120-/m1/s1. The maximum Gasteiger partial charge on any atom is 0.475 e. The highest BCUT2D eigenvalue weighted by Crippen LogP contribution is 2.57. The van der Waals surface area contributed by atoms with Crippen LogP contribution in [-0.4, -0.2) is 149 Å². The molecule has 0 unspecified atom stereocenters. The van der Waals surface area contributed by atoms with Gasteiger partial charge in [0.25, 0.3) is 0 Å². The lowest BCUT2D eigenvalue weighted by molar-refractivity contribution is -0.165. The first kappa shape index (κ1) is 134. The molecule has 22 nitrogen and oxygen atoms in total. The fourth-order valence-corrected chi connectivity index (χ4v) is 21.7. The van der Waals surface area contributed by atoms with E-state index >= 15 is 4.57 Å². The SMILES string of the molecule is CCCCCCCCCCCCCC(=O)OC[C@@H](C[C@@H](OP(=O)(O[C@H](C[C@H](COC(=O)CCCCCCCCCCCCC)OC(=O)CCCCCCCCCCCCC)[C@H]1CO[C@@H](CCCCC)O1)O[C@H](C[C@H](COC(=O)CCCCCCCCCCCCC)OC(=O)CCCCCCCCCCCCC)[C@H]1CO[C@@H](CCCCC)O1)[C@H]1CO[C@@H](CCCCC)O1)OC(=O)CCCCCCCCCCCCC. The van der Waals surface area contributed by atoms with Crippen LogP contribution in [0.15, 0.2) is 0 Å². The molecule has 3 saturated heterocycles. The van der Waals surface area contributed by atoms with Crippen molar-refractivity contribution in [3.8, 4) is 0 Å². The lowest BCUT2D eigenvalue weighted by atomic mass is 10.1. The fourth-order valence-electron chi connectivity index (χ4n) is 19.8. The minimum atomic E-state index is -5.45. The molecular formula is C120H225O22P. The van der Waals surface area contributed by atoms with Gasteiger partial charge in [0.15, 0.2) is 18.9 Å². The summed E-state index contributed by atoms with van der Waals surface area (Å²) in [6, 6.07) is 0. The van der Waals surface area contributed by atoms with Crippen molar-refractivity contribution < 1.29 is 104 Å². The van der Waals surface area contributed by atoms with Crippen LogP contribution in [0, 0.1) is 0 Å². The van der Waals surface area contributed by atoms with Crippen LogP contribution in [0.2, 0.25) is 0 Å². The van der Waals surface area contributed by atoms with Crippen LogP contribution in [-0.2, 0) is 104 Å². The molecule has 0 aliphatic carbocycles. The van der Waals surface area contributed by atoms with Crippen molar-refractivity contribution in [1.82, 2.24) is 0 Å². The molecule has 0 saturated carbocycles. The van der Waals surface area contributed by atoms with Gasteiger partial charge in [-0.05, 0) is 77.0 Å². The van der Waals surface area contributed by atoms with Crippen LogP contribution in [0.25, 0.3) is 0 Å². The van der Waals surface area contributed by atoms with E-state index in [1.807, 2.05) is 0 Å². The van der Waals surface area contributed by atoms with Gasteiger partial charge in [0.1, 0.15) is 74.8 Å². The van der Waals surface area contributed by atoms with Gasteiger partial charge in [-0.2, -0.15) is 0 Å². The molecule has 3 heterocycles. The van der Waals surface area contributed by atoms with Crippen molar-refractivity contribution in [2.45, 2.75) is 695 Å². The summed E-state index contributed by atoms with van der Waals surface area (Å²) in [4.78, 5) is 86.9. The van der Waals surface area contributed by atoms with Crippen molar-refractivity contribution in [1.29, 1.82) is 0 Å². The molecule has 0 N–H and O–H groups in total. The van der Waals surface area contributed by atoms with Crippen molar-refractivity contribution in [3.63, 3.8) is 0 Å². The second-order valence-electron chi connectivity index (χ2n) is 43.0. The number of hydrogen-bond donors (Lipinski definition) is 0. The Morgan fingerprint density at radius 2 is 0.371 bits per heavy atom. The summed E-state index contributed by atoms with van der Waals surface area (Å²) in [5.41, 5.74) is 0. The number of rotatable bonds is 108. The first-order chi connectivity index (χ1) is 70.0. The minimum absolute atomic E-state index is 0.0617. The molecule has 0 spiro atoms. The first-order valence-corrected chi connectivity index (χ1v) is 63.0. The average molecular weight is 2050 g/mol. The molecule has 12 atom stereocenters. The van der Waals surface area contributed by atoms with E-state index in [1.54, 1.807) is 0 Å². The third-order valence-electron chi connectivity index (χ3n) is 29.1. The molecule has 0 bridgehead atoms. The summed E-state index contributed by atoms with van der Waals surface area (Å²) in [6.07, 6.45) is 69.4. The van der Waals surface area contributed by atoms with Crippen molar-refractivity contribution in [2.24, 2.45) is 0 Å². The summed E-state index contributed by atoms with van der Waals surface area (Å²) in [5.74, 6) is -2.79. The molecule has 143 heavy (non-hydrogen) atoms. The largest absolute Gasteiger partial charge is 0.475 e. The number of esters is 6. The van der Waals surface area contributed by atoms with E-state index in [0.29, 0.717) is 57.8 Å². The Kier molecular flexibility index (Phi) is 90.7. The molecule has 3 rings (SSSR count). The zero-order valence-corrected chi connectivity index (χ0v) is 95.0. The number of ether oxygens (including phenoxy) is 12. The Bertz CT molecular complexity index is 2640. The Hall–Kier alpha value is -3.31. The second kappa shape index (κ2) is 96.9. The quantitative estimate of drug-likeness (QED) is 0.0237. The lowest BCUT2D eigenvalue weighted by Crippen LogP contribution is -2.42. The molecular weight excluding hydrogens is 1820 g/mol. The summed E-state index contributed by atoms with van der Waals surface area (Å²) >= 11 is 0. The number of phosphoric ester groups is 1. The summed E-state index contributed by atoms with van der Waals surface area (Å²) in [7, 11) is -5.45. The van der Waals surface area contributed by atoms with Crippen molar-refractivity contribution in [3.05, 3.63) is 0 Å². The van der Waals surface area contributed by atoms with Gasteiger partial charge in [-0.15, -0.1) is 0 Å². The van der Waals surface area contributed by atoms with Crippen LogP contribution in [0.4, 0.5) is 0 Å². The van der Waals surface area contributed by atoms with Crippen LogP contribution < -0.4 is 0 Å². The van der Waals surface area contributed by atoms with Gasteiger partial charge >= 0.3 is 43.6 Å². The number of unbranched alkanes of at least 4 members (excludes halogenated alkanes) is 66. The Labute approximate surface area is 876 Å². The van der Waals surface area contributed by atoms with Gasteiger partial charge in [0.05, 0.1) is 19.8 Å². The van der Waals surface area contributed by atoms with Gasteiger partial charge in [-0.25, -0.2) is 4.57 Å². The topological polar surface area (TPSA) is 258 Å². The number of hydrogen-bond acceptors (Lipinski definition) is 22. The highest BCUT2D eigenvalue weighted by molar-refractivity contribution is 7.48. The second-order valence-corrected chi connectivity index (χ2v) is 44.5. The summed E-state index contributed by atoms with van der Waals surface area (Å²) in [5, 5.41) is 0. The summed E-state index contributed by atoms with van der Waals surface area (Å²) < 4.78 is 119. The first-order valence-electron chi connectivity index (χ1n) is 61.6. The Morgan fingerprint density at radius 1 is 0.217 bits per heavy atom. The number of carbonyl (C=O) groups is 6. The highest BCUT2D eigenvalue weighted by Gasteiger charge is 2.50. The molecule has 23 heteroatoms. The molecule has 0 aromatic rings. The molecule has 0 amide bonds. The predicted molar refractivity (Wildman–Crippen MR) is 581 cm³/mol. The maximum absolute atomic E-state index is 18.1. The molecule has 3 aliphatic heterocycles. The van der Waals surface area contributed by atoms with Crippen LogP contribution in [0.1, 0.15) is 621 Å². The molecule has 3 fully saturated rings. The zero-order chi connectivity index (χ0) is 103. The smallest absolute Gasteiger partial charge is 0.462 e. The van der Waals surface area contributed by atoms with E-state index in [1.165, 1.54) is 231 Å². The van der Waals surface area contributed by atoms with Crippen LogP contribution in [0.3, 0.4) is 0 Å².